The predicted octanol–water partition coefficient (Wildman–Crippen LogP) is 2.27. The summed E-state index contributed by atoms with van der Waals surface area (Å²) in [5.74, 6) is 1.54. The van der Waals surface area contributed by atoms with E-state index in [0.717, 1.165) is 24.6 Å². The Morgan fingerprint density at radius 2 is 1.96 bits per heavy atom. The molecule has 144 valence electrons. The van der Waals surface area contributed by atoms with Crippen molar-refractivity contribution in [1.29, 1.82) is 0 Å². The number of amides is 1. The zero-order valence-electron chi connectivity index (χ0n) is 16.0. The first-order valence-electron chi connectivity index (χ1n) is 9.96. The highest BCUT2D eigenvalue weighted by Crippen LogP contribution is 2.25. The molecule has 26 heavy (non-hydrogen) atoms. The van der Waals surface area contributed by atoms with Crippen LogP contribution in [0, 0.1) is 5.92 Å². The van der Waals surface area contributed by atoms with Crippen molar-refractivity contribution in [3.05, 3.63) is 30.1 Å². The van der Waals surface area contributed by atoms with Gasteiger partial charge in [0.05, 0.1) is 0 Å². The lowest BCUT2D eigenvalue weighted by Crippen LogP contribution is -2.41. The van der Waals surface area contributed by atoms with Crippen LogP contribution in [-0.2, 0) is 11.2 Å². The Kier molecular flexibility index (Phi) is 9.54. The maximum atomic E-state index is 12.0. The highest BCUT2D eigenvalue weighted by Gasteiger charge is 2.16. The van der Waals surface area contributed by atoms with E-state index >= 15 is 0 Å². The minimum absolute atomic E-state index is 0.177. The molecule has 1 heterocycles. The molecule has 1 amide bonds. The Labute approximate surface area is 157 Å². The number of guanidine groups is 1. The van der Waals surface area contributed by atoms with Crippen LogP contribution < -0.4 is 16.0 Å². The quantitative estimate of drug-likeness (QED) is 0.359. The lowest BCUT2D eigenvalue weighted by Gasteiger charge is -2.20. The third-order valence-electron chi connectivity index (χ3n) is 4.65. The van der Waals surface area contributed by atoms with E-state index in [-0.39, 0.29) is 5.91 Å². The highest BCUT2D eigenvalue weighted by atomic mass is 16.1. The molecule has 0 unspecified atom stereocenters. The van der Waals surface area contributed by atoms with E-state index in [4.69, 9.17) is 0 Å². The van der Waals surface area contributed by atoms with Gasteiger partial charge in [-0.05, 0) is 37.8 Å². The molecular weight excluding hydrogens is 326 g/mol. The third kappa shape index (κ3) is 8.32. The van der Waals surface area contributed by atoms with E-state index in [0.29, 0.717) is 32.0 Å². The van der Waals surface area contributed by atoms with Crippen LogP contribution in [-0.4, -0.2) is 43.0 Å². The number of pyridine rings is 1. The number of nitrogens with zero attached hydrogens (tertiary/aromatic N) is 2. The summed E-state index contributed by atoms with van der Waals surface area (Å²) in [5, 5.41) is 9.51. The van der Waals surface area contributed by atoms with Gasteiger partial charge in [0.25, 0.3) is 0 Å². The molecule has 0 atom stereocenters. The summed E-state index contributed by atoms with van der Waals surface area (Å²) in [6, 6.07) is 5.92. The van der Waals surface area contributed by atoms with Crippen LogP contribution in [0.25, 0.3) is 0 Å². The van der Waals surface area contributed by atoms with Crippen molar-refractivity contribution in [2.24, 2.45) is 10.9 Å². The average Bonchev–Trinajstić information content (AvgIpc) is 2.67. The molecule has 1 saturated carbocycles. The molecule has 1 aliphatic rings. The Morgan fingerprint density at radius 3 is 2.69 bits per heavy atom. The van der Waals surface area contributed by atoms with Crippen molar-refractivity contribution in [1.82, 2.24) is 20.9 Å². The molecule has 1 fully saturated rings. The largest absolute Gasteiger partial charge is 0.357 e. The van der Waals surface area contributed by atoms with Gasteiger partial charge >= 0.3 is 0 Å². The molecule has 0 aromatic carbocycles. The van der Waals surface area contributed by atoms with Gasteiger partial charge in [0.1, 0.15) is 0 Å². The second kappa shape index (κ2) is 12.3. The minimum Gasteiger partial charge on any atom is -0.357 e. The van der Waals surface area contributed by atoms with Crippen molar-refractivity contribution in [3.8, 4) is 0 Å². The second-order valence-corrected chi connectivity index (χ2v) is 6.82. The summed E-state index contributed by atoms with van der Waals surface area (Å²) in [4.78, 5) is 20.9. The van der Waals surface area contributed by atoms with Gasteiger partial charge in [-0.25, -0.2) is 0 Å². The monoisotopic (exact) mass is 359 g/mol. The summed E-state index contributed by atoms with van der Waals surface area (Å²) in [6.07, 6.45) is 9.60. The maximum Gasteiger partial charge on any atom is 0.220 e. The Morgan fingerprint density at radius 1 is 1.15 bits per heavy atom. The first-order valence-corrected chi connectivity index (χ1v) is 9.96. The smallest absolute Gasteiger partial charge is 0.220 e. The van der Waals surface area contributed by atoms with Crippen molar-refractivity contribution in [3.63, 3.8) is 0 Å². The van der Waals surface area contributed by atoms with Gasteiger partial charge in [-0.2, -0.15) is 0 Å². The van der Waals surface area contributed by atoms with Gasteiger partial charge in [0.15, 0.2) is 5.96 Å². The molecule has 3 N–H and O–H groups in total. The lowest BCUT2D eigenvalue weighted by atomic mass is 9.87. The summed E-state index contributed by atoms with van der Waals surface area (Å²) < 4.78 is 0. The fraction of sp³-hybridized carbons (Fsp3) is 0.650. The van der Waals surface area contributed by atoms with E-state index in [9.17, 15) is 4.79 Å². The van der Waals surface area contributed by atoms with Gasteiger partial charge in [0, 0.05) is 50.9 Å². The number of hydrogen-bond donors (Lipinski definition) is 3. The summed E-state index contributed by atoms with van der Waals surface area (Å²) in [5.41, 5.74) is 1.04. The van der Waals surface area contributed by atoms with Crippen LogP contribution in [0.5, 0.6) is 0 Å². The standard InChI is InChI=1S/C20H33N5O/c1-2-21-20(24-13-11-18-10-6-7-12-22-18)25-15-14-23-19(26)16-17-8-4-3-5-9-17/h6-7,10,12,17H,2-5,8-9,11,13-16H2,1H3,(H,23,26)(H2,21,24,25). The van der Waals surface area contributed by atoms with Gasteiger partial charge < -0.3 is 16.0 Å². The van der Waals surface area contributed by atoms with Crippen molar-refractivity contribution < 1.29 is 4.79 Å². The van der Waals surface area contributed by atoms with Gasteiger partial charge in [0.2, 0.25) is 5.91 Å². The lowest BCUT2D eigenvalue weighted by molar-refractivity contribution is -0.122. The van der Waals surface area contributed by atoms with Crippen molar-refractivity contribution >= 4 is 11.9 Å². The molecule has 6 nitrogen and oxygen atoms in total. The topological polar surface area (TPSA) is 78.4 Å². The zero-order valence-corrected chi connectivity index (χ0v) is 16.0. The number of aliphatic imine (C=N–C) groups is 1. The summed E-state index contributed by atoms with van der Waals surface area (Å²) in [6.45, 7) is 4.83. The molecule has 2 rings (SSSR count). The van der Waals surface area contributed by atoms with Crippen LogP contribution in [0.4, 0.5) is 0 Å². The molecule has 0 spiro atoms. The number of carbonyl (C=O) groups is 1. The van der Waals surface area contributed by atoms with Gasteiger partial charge in [-0.3, -0.25) is 14.8 Å². The molecular formula is C20H33N5O. The Balaban J connectivity index is 1.62. The minimum atomic E-state index is 0.177. The molecule has 1 aromatic rings. The molecule has 0 saturated heterocycles. The maximum absolute atomic E-state index is 12.0. The predicted molar refractivity (Wildman–Crippen MR) is 106 cm³/mol. The first kappa shape index (κ1) is 20.2. The number of rotatable bonds is 9. The summed E-state index contributed by atoms with van der Waals surface area (Å²) >= 11 is 0. The average molecular weight is 360 g/mol. The third-order valence-corrected chi connectivity index (χ3v) is 4.65. The number of aromatic nitrogens is 1. The highest BCUT2D eigenvalue weighted by molar-refractivity contribution is 5.80. The molecule has 6 heteroatoms. The number of nitrogens with one attached hydrogen (secondary N) is 3. The number of hydrogen-bond acceptors (Lipinski definition) is 3. The van der Waals surface area contributed by atoms with E-state index in [1.807, 2.05) is 25.1 Å². The Hall–Kier alpha value is -2.11. The van der Waals surface area contributed by atoms with Crippen LogP contribution in [0.15, 0.2) is 29.4 Å². The van der Waals surface area contributed by atoms with E-state index in [1.54, 1.807) is 6.20 Å². The molecule has 0 bridgehead atoms. The van der Waals surface area contributed by atoms with Crippen LogP contribution in [0.1, 0.15) is 51.1 Å². The summed E-state index contributed by atoms with van der Waals surface area (Å²) in [7, 11) is 0. The zero-order chi connectivity index (χ0) is 18.5. The van der Waals surface area contributed by atoms with Crippen molar-refractivity contribution in [2.45, 2.75) is 51.9 Å². The Bertz CT molecular complexity index is 540. The van der Waals surface area contributed by atoms with Crippen LogP contribution in [0.2, 0.25) is 0 Å². The fourth-order valence-electron chi connectivity index (χ4n) is 3.28. The van der Waals surface area contributed by atoms with E-state index in [2.05, 4.69) is 25.9 Å². The van der Waals surface area contributed by atoms with Crippen molar-refractivity contribution in [2.75, 3.05) is 26.2 Å². The first-order chi connectivity index (χ1) is 12.8. The molecule has 0 radical (unpaired) electrons. The number of carbonyl (C=O) groups excluding carboxylic acids is 1. The van der Waals surface area contributed by atoms with Gasteiger partial charge in [-0.15, -0.1) is 0 Å². The van der Waals surface area contributed by atoms with Crippen LogP contribution >= 0.6 is 0 Å². The van der Waals surface area contributed by atoms with Crippen LogP contribution in [0.3, 0.4) is 0 Å². The fourth-order valence-corrected chi connectivity index (χ4v) is 3.28. The molecule has 0 aliphatic heterocycles. The molecule has 1 aliphatic carbocycles. The SMILES string of the molecule is CCNC(=NCCc1ccccn1)NCCNC(=O)CC1CCCCC1. The van der Waals surface area contributed by atoms with E-state index in [1.165, 1.54) is 32.1 Å². The molecule has 1 aromatic heterocycles. The van der Waals surface area contributed by atoms with E-state index < -0.39 is 0 Å². The van der Waals surface area contributed by atoms with Gasteiger partial charge in [-0.1, -0.05) is 25.3 Å². The normalized spacial score (nSPS) is 15.5. The second-order valence-electron chi connectivity index (χ2n) is 6.82.